The number of nitrogens with one attached hydrogen (secondary N) is 2. The molecule has 4 rings (SSSR count). The zero-order valence-corrected chi connectivity index (χ0v) is 21.2. The molecule has 1 fully saturated rings. The van der Waals surface area contributed by atoms with Crippen molar-refractivity contribution in [2.24, 2.45) is 5.92 Å². The highest BCUT2D eigenvalue weighted by atomic mass is 35.5. The summed E-state index contributed by atoms with van der Waals surface area (Å²) < 4.78 is 54.7. The summed E-state index contributed by atoms with van der Waals surface area (Å²) in [6.45, 7) is 0. The van der Waals surface area contributed by atoms with Crippen LogP contribution in [0.3, 0.4) is 0 Å². The third kappa shape index (κ3) is 4.97. The van der Waals surface area contributed by atoms with Crippen LogP contribution in [0, 0.1) is 29.2 Å². The van der Waals surface area contributed by atoms with Gasteiger partial charge in [-0.05, 0) is 42.0 Å². The second-order valence-electron chi connectivity index (χ2n) is 7.78. The zero-order valence-electron chi connectivity index (χ0n) is 17.4. The van der Waals surface area contributed by atoms with Crippen LogP contribution in [0.4, 0.5) is 28.9 Å². The van der Waals surface area contributed by atoms with Crippen LogP contribution in [0.25, 0.3) is 0 Å². The van der Waals surface area contributed by atoms with Crippen molar-refractivity contribution in [3.8, 4) is 0 Å². The van der Waals surface area contributed by atoms with Crippen molar-refractivity contribution >= 4 is 81.2 Å². The van der Waals surface area contributed by atoms with E-state index >= 15 is 4.39 Å². The van der Waals surface area contributed by atoms with Crippen LogP contribution in [-0.2, 0) is 4.79 Å². The molecule has 13 heteroatoms. The Labute approximate surface area is 226 Å². The van der Waals surface area contributed by atoms with Crippen LogP contribution in [0.2, 0.25) is 15.1 Å². The Balaban J connectivity index is 1.56. The van der Waals surface area contributed by atoms with Gasteiger partial charge in [0.2, 0.25) is 5.91 Å². The number of halogens is 9. The van der Waals surface area contributed by atoms with Gasteiger partial charge in [-0.2, -0.15) is 0 Å². The molecule has 0 bridgehead atoms. The van der Waals surface area contributed by atoms with Gasteiger partial charge in [-0.25, -0.2) is 17.6 Å². The van der Waals surface area contributed by atoms with E-state index in [2.05, 4.69) is 5.32 Å². The lowest BCUT2D eigenvalue weighted by molar-refractivity contribution is -0.117. The van der Waals surface area contributed by atoms with Crippen LogP contribution in [-0.4, -0.2) is 16.1 Å². The average molecular weight is 601 g/mol. The summed E-state index contributed by atoms with van der Waals surface area (Å²) in [7, 11) is 0. The van der Waals surface area contributed by atoms with Crippen molar-refractivity contribution < 1.29 is 27.2 Å². The molecule has 1 saturated carbocycles. The number of hydrogen-bond acceptors (Lipinski definition) is 2. The molecule has 2 amide bonds. The number of alkyl halides is 2. The van der Waals surface area contributed by atoms with Gasteiger partial charge in [0, 0.05) is 12.0 Å². The summed E-state index contributed by atoms with van der Waals surface area (Å²) in [6, 6.07) is 6.61. The lowest BCUT2D eigenvalue weighted by atomic mass is 10.1. The first kappa shape index (κ1) is 26.8. The minimum atomic E-state index is -1.60. The van der Waals surface area contributed by atoms with E-state index in [1.54, 1.807) is 0 Å². The Kier molecular flexibility index (Phi) is 7.38. The first-order valence-electron chi connectivity index (χ1n) is 9.90. The van der Waals surface area contributed by atoms with Gasteiger partial charge >= 0.3 is 0 Å². The van der Waals surface area contributed by atoms with E-state index < -0.39 is 68.2 Å². The van der Waals surface area contributed by atoms with E-state index in [1.165, 1.54) is 12.1 Å². The lowest BCUT2D eigenvalue weighted by Gasteiger charge is -2.12. The van der Waals surface area contributed by atoms with Crippen LogP contribution in [0.1, 0.15) is 21.8 Å². The molecule has 2 N–H and O–H groups in total. The van der Waals surface area contributed by atoms with Crippen LogP contribution in [0.15, 0.2) is 42.5 Å². The number of carbonyl (C=O) groups is 2. The summed E-state index contributed by atoms with van der Waals surface area (Å²) in [4.78, 5) is 25.2. The monoisotopic (exact) mass is 598 g/mol. The second kappa shape index (κ2) is 9.91. The van der Waals surface area contributed by atoms with Gasteiger partial charge in [-0.1, -0.05) is 34.8 Å². The minimum absolute atomic E-state index is 0.0990. The molecule has 36 heavy (non-hydrogen) atoms. The molecule has 4 nitrogen and oxygen atoms in total. The Morgan fingerprint density at radius 1 is 0.833 bits per heavy atom. The van der Waals surface area contributed by atoms with Crippen molar-refractivity contribution in [3.05, 3.63) is 91.9 Å². The number of benzene rings is 3. The Hall–Kier alpha value is -2.23. The zero-order chi connectivity index (χ0) is 26.5. The number of rotatable bonds is 5. The largest absolute Gasteiger partial charge is 0.323 e. The van der Waals surface area contributed by atoms with E-state index in [1.807, 2.05) is 5.32 Å². The molecule has 0 heterocycles. The molecule has 3 aromatic rings. The van der Waals surface area contributed by atoms with Crippen LogP contribution < -0.4 is 10.6 Å². The van der Waals surface area contributed by atoms with Crippen molar-refractivity contribution in [2.45, 2.75) is 10.3 Å². The van der Waals surface area contributed by atoms with E-state index in [0.29, 0.717) is 11.6 Å². The number of carbonyl (C=O) groups excluding carboxylic acids is 2. The summed E-state index contributed by atoms with van der Waals surface area (Å²) >= 11 is 30.6. The van der Waals surface area contributed by atoms with Crippen molar-refractivity contribution in [2.75, 3.05) is 10.6 Å². The normalized spacial score (nSPS) is 18.0. The van der Waals surface area contributed by atoms with Gasteiger partial charge in [-0.15, -0.1) is 23.2 Å². The number of anilines is 2. The molecule has 188 valence electrons. The molecular formula is C23H11Cl5F4N2O2. The van der Waals surface area contributed by atoms with Gasteiger partial charge in [0.05, 0.1) is 32.2 Å². The fourth-order valence-electron chi connectivity index (χ4n) is 3.65. The number of amides is 2. The van der Waals surface area contributed by atoms with Crippen molar-refractivity contribution in [1.82, 2.24) is 0 Å². The molecule has 0 spiro atoms. The molecule has 0 aromatic heterocycles. The molecule has 1 aliphatic rings. The minimum Gasteiger partial charge on any atom is -0.323 e. The molecule has 0 aliphatic heterocycles. The SMILES string of the molecule is O=C(Nc1c(F)ccc(NC(=O)C2[C@H](c3cc(Cl)c(Cl)c(Cl)c3)C2(Cl)Cl)c1F)c1ccc(F)cc1F. The summed E-state index contributed by atoms with van der Waals surface area (Å²) in [6.07, 6.45) is 0. The third-order valence-corrected chi connectivity index (χ3v) is 7.60. The first-order chi connectivity index (χ1) is 16.8. The molecule has 2 atom stereocenters. The maximum Gasteiger partial charge on any atom is 0.258 e. The van der Waals surface area contributed by atoms with Gasteiger partial charge in [0.1, 0.15) is 27.5 Å². The van der Waals surface area contributed by atoms with Gasteiger partial charge in [0.25, 0.3) is 5.91 Å². The highest BCUT2D eigenvalue weighted by molar-refractivity contribution is 6.54. The third-order valence-electron chi connectivity index (χ3n) is 5.46. The lowest BCUT2D eigenvalue weighted by Crippen LogP contribution is -2.20. The van der Waals surface area contributed by atoms with E-state index in [9.17, 15) is 22.8 Å². The fourth-order valence-corrected chi connectivity index (χ4v) is 5.09. The van der Waals surface area contributed by atoms with Crippen molar-refractivity contribution in [1.29, 1.82) is 0 Å². The van der Waals surface area contributed by atoms with E-state index in [4.69, 9.17) is 58.0 Å². The number of hydrogen-bond donors (Lipinski definition) is 2. The van der Waals surface area contributed by atoms with E-state index in [0.717, 1.165) is 24.3 Å². The summed E-state index contributed by atoms with van der Waals surface area (Å²) in [5.41, 5.74) is -1.72. The fraction of sp³-hybridized carbons (Fsp3) is 0.130. The Morgan fingerprint density at radius 2 is 1.47 bits per heavy atom. The summed E-state index contributed by atoms with van der Waals surface area (Å²) in [5, 5.41) is 4.45. The maximum absolute atomic E-state index is 15.0. The highest BCUT2D eigenvalue weighted by Gasteiger charge is 2.67. The quantitative estimate of drug-likeness (QED) is 0.177. The smallest absolute Gasteiger partial charge is 0.258 e. The van der Waals surface area contributed by atoms with Gasteiger partial charge in [-0.3, -0.25) is 9.59 Å². The topological polar surface area (TPSA) is 58.2 Å². The molecule has 1 aliphatic carbocycles. The van der Waals surface area contributed by atoms with Crippen LogP contribution in [0.5, 0.6) is 0 Å². The Morgan fingerprint density at radius 3 is 2.08 bits per heavy atom. The molecular weight excluding hydrogens is 590 g/mol. The highest BCUT2D eigenvalue weighted by Crippen LogP contribution is 2.65. The van der Waals surface area contributed by atoms with Gasteiger partial charge in [0.15, 0.2) is 5.82 Å². The van der Waals surface area contributed by atoms with Crippen LogP contribution >= 0.6 is 58.0 Å². The first-order valence-corrected chi connectivity index (χ1v) is 11.8. The van der Waals surface area contributed by atoms with Gasteiger partial charge < -0.3 is 10.6 Å². The van der Waals surface area contributed by atoms with Crippen molar-refractivity contribution in [3.63, 3.8) is 0 Å². The maximum atomic E-state index is 15.0. The Bertz CT molecular complexity index is 1400. The standard InChI is InChI=1S/C23H11Cl5F4N2O2/c24-11-5-8(6-12(25)18(11)26)16-17(23(16,27)28)22(36)33-15-4-3-13(30)20(19(15)32)34-21(35)10-2-1-9(29)7-14(10)31/h1-7,16-17H,(H,33,36)(H,34,35)/t16-,17?/m0/s1. The predicted octanol–water partition coefficient (Wildman–Crippen LogP) is 7.98. The molecule has 0 radical (unpaired) electrons. The predicted molar refractivity (Wildman–Crippen MR) is 131 cm³/mol. The molecule has 0 saturated heterocycles. The molecule has 1 unspecified atom stereocenters. The summed E-state index contributed by atoms with van der Waals surface area (Å²) in [5.74, 6) is -8.67. The second-order valence-corrected chi connectivity index (χ2v) is 10.4. The van der Waals surface area contributed by atoms with E-state index in [-0.39, 0.29) is 15.1 Å². The molecule has 3 aromatic carbocycles. The average Bonchev–Trinajstić information content (AvgIpc) is 3.38.